The molecule has 0 spiro atoms. The summed E-state index contributed by atoms with van der Waals surface area (Å²) in [6, 6.07) is 0. The normalized spacial score (nSPS) is 20.4. The van der Waals surface area contributed by atoms with E-state index >= 15 is 0 Å². The minimum atomic E-state index is -1.65. The number of nitrogens with zero attached hydrogens (tertiary/aromatic N) is 1. The van der Waals surface area contributed by atoms with Crippen molar-refractivity contribution in [3.05, 3.63) is 0 Å². The molecule has 19 heavy (non-hydrogen) atoms. The maximum absolute atomic E-state index is 12.1. The largest absolute Gasteiger partial charge is 0.479 e. The van der Waals surface area contributed by atoms with Crippen LogP contribution >= 0.6 is 0 Å². The summed E-state index contributed by atoms with van der Waals surface area (Å²) in [5, 5.41) is 18.7. The van der Waals surface area contributed by atoms with Gasteiger partial charge in [0.05, 0.1) is 0 Å². The van der Waals surface area contributed by atoms with E-state index in [2.05, 4.69) is 20.8 Å². The van der Waals surface area contributed by atoms with Crippen molar-refractivity contribution in [3.63, 3.8) is 0 Å². The molecule has 0 radical (unpaired) electrons. The Labute approximate surface area is 114 Å². The Morgan fingerprint density at radius 2 is 1.74 bits per heavy atom. The van der Waals surface area contributed by atoms with Crippen LogP contribution in [-0.2, 0) is 9.59 Å². The summed E-state index contributed by atoms with van der Waals surface area (Å²) < 4.78 is 0. The van der Waals surface area contributed by atoms with Crippen LogP contribution in [0.25, 0.3) is 0 Å². The maximum Gasteiger partial charge on any atom is 0.335 e. The topological polar surface area (TPSA) is 77.8 Å². The highest BCUT2D eigenvalue weighted by Gasteiger charge is 2.40. The fraction of sp³-hybridized carbons (Fsp3) is 0.857. The Morgan fingerprint density at radius 3 is 2.16 bits per heavy atom. The van der Waals surface area contributed by atoms with Crippen molar-refractivity contribution in [2.24, 2.45) is 11.8 Å². The van der Waals surface area contributed by atoms with Gasteiger partial charge in [-0.15, -0.1) is 0 Å². The second-order valence-electron chi connectivity index (χ2n) is 6.16. The molecule has 0 aromatic carbocycles. The van der Waals surface area contributed by atoms with Crippen LogP contribution in [0.15, 0.2) is 0 Å². The number of hydrogen-bond acceptors (Lipinski definition) is 3. The summed E-state index contributed by atoms with van der Waals surface area (Å²) in [6.07, 6.45) is 1.75. The predicted octanol–water partition coefficient (Wildman–Crippen LogP) is 1.50. The first-order valence-corrected chi connectivity index (χ1v) is 6.98. The van der Waals surface area contributed by atoms with E-state index in [9.17, 15) is 14.7 Å². The van der Waals surface area contributed by atoms with Crippen molar-refractivity contribution in [2.75, 3.05) is 13.1 Å². The second kappa shape index (κ2) is 6.37. The van der Waals surface area contributed by atoms with E-state index in [1.54, 1.807) is 4.90 Å². The van der Waals surface area contributed by atoms with Crippen LogP contribution in [-0.4, -0.2) is 45.7 Å². The fourth-order valence-corrected chi connectivity index (χ4v) is 2.66. The summed E-state index contributed by atoms with van der Waals surface area (Å²) in [5.74, 6) is -0.206. The number of piperidine rings is 1. The third-order valence-corrected chi connectivity index (χ3v) is 3.74. The molecule has 1 aliphatic rings. The number of rotatable bonds is 5. The third-order valence-electron chi connectivity index (χ3n) is 3.74. The van der Waals surface area contributed by atoms with Gasteiger partial charge in [0.2, 0.25) is 5.91 Å². The van der Waals surface area contributed by atoms with E-state index in [-0.39, 0.29) is 18.7 Å². The van der Waals surface area contributed by atoms with Crippen molar-refractivity contribution in [3.8, 4) is 0 Å². The summed E-state index contributed by atoms with van der Waals surface area (Å²) in [5.41, 5.74) is -1.65. The molecular formula is C14H25NO4. The molecule has 1 heterocycles. The van der Waals surface area contributed by atoms with Crippen LogP contribution < -0.4 is 0 Å². The molecular weight excluding hydrogens is 246 g/mol. The standard InChI is InChI=1S/C14H25NO4/c1-10(2)8-11(3)9-12(16)15-6-4-14(19,5-7-15)13(17)18/h10-11,19H,4-9H2,1-3H3,(H,17,18). The monoisotopic (exact) mass is 271 g/mol. The summed E-state index contributed by atoms with van der Waals surface area (Å²) in [6.45, 7) is 6.99. The Hall–Kier alpha value is -1.10. The van der Waals surface area contributed by atoms with Gasteiger partial charge >= 0.3 is 5.97 Å². The van der Waals surface area contributed by atoms with E-state index in [0.29, 0.717) is 31.3 Å². The Bertz CT molecular complexity index is 332. The molecule has 5 heteroatoms. The zero-order valence-corrected chi connectivity index (χ0v) is 12.1. The lowest BCUT2D eigenvalue weighted by Crippen LogP contribution is -2.51. The third kappa shape index (κ3) is 4.49. The number of aliphatic carboxylic acids is 1. The van der Waals surface area contributed by atoms with Crippen LogP contribution in [0.5, 0.6) is 0 Å². The predicted molar refractivity (Wildman–Crippen MR) is 71.6 cm³/mol. The molecule has 1 amide bonds. The fourth-order valence-electron chi connectivity index (χ4n) is 2.66. The van der Waals surface area contributed by atoms with Crippen LogP contribution in [0, 0.1) is 11.8 Å². The van der Waals surface area contributed by atoms with Crippen molar-refractivity contribution < 1.29 is 19.8 Å². The lowest BCUT2D eigenvalue weighted by Gasteiger charge is -2.35. The number of hydrogen-bond donors (Lipinski definition) is 2. The summed E-state index contributed by atoms with van der Waals surface area (Å²) in [7, 11) is 0. The molecule has 0 aromatic heterocycles. The molecule has 5 nitrogen and oxygen atoms in total. The number of aliphatic hydroxyl groups is 1. The van der Waals surface area contributed by atoms with E-state index < -0.39 is 11.6 Å². The lowest BCUT2D eigenvalue weighted by atomic mass is 9.90. The van der Waals surface area contributed by atoms with Gasteiger partial charge in [0.15, 0.2) is 5.60 Å². The molecule has 0 saturated carbocycles. The van der Waals surface area contributed by atoms with Crippen LogP contribution in [0.4, 0.5) is 0 Å². The SMILES string of the molecule is CC(C)CC(C)CC(=O)N1CCC(O)(C(=O)O)CC1. The van der Waals surface area contributed by atoms with Gasteiger partial charge in [-0.2, -0.15) is 0 Å². The van der Waals surface area contributed by atoms with Gasteiger partial charge in [-0.05, 0) is 18.3 Å². The highest BCUT2D eigenvalue weighted by Crippen LogP contribution is 2.24. The average molecular weight is 271 g/mol. The molecule has 1 saturated heterocycles. The molecule has 110 valence electrons. The molecule has 1 rings (SSSR count). The highest BCUT2D eigenvalue weighted by atomic mass is 16.4. The number of carboxylic acid groups (broad SMARTS) is 1. The van der Waals surface area contributed by atoms with E-state index in [4.69, 9.17) is 5.11 Å². The molecule has 1 fully saturated rings. The van der Waals surface area contributed by atoms with Gasteiger partial charge in [0.25, 0.3) is 0 Å². The van der Waals surface area contributed by atoms with Gasteiger partial charge in [0.1, 0.15) is 0 Å². The molecule has 0 aliphatic carbocycles. The van der Waals surface area contributed by atoms with Crippen LogP contribution in [0.3, 0.4) is 0 Å². The van der Waals surface area contributed by atoms with Gasteiger partial charge in [-0.25, -0.2) is 4.79 Å². The van der Waals surface area contributed by atoms with Crippen molar-refractivity contribution in [1.29, 1.82) is 0 Å². The van der Waals surface area contributed by atoms with E-state index in [0.717, 1.165) is 6.42 Å². The lowest BCUT2D eigenvalue weighted by molar-refractivity contribution is -0.165. The van der Waals surface area contributed by atoms with Crippen molar-refractivity contribution >= 4 is 11.9 Å². The smallest absolute Gasteiger partial charge is 0.335 e. The van der Waals surface area contributed by atoms with Gasteiger partial charge in [-0.1, -0.05) is 20.8 Å². The first kappa shape index (κ1) is 16.0. The Morgan fingerprint density at radius 1 is 1.21 bits per heavy atom. The Kier molecular flexibility index (Phi) is 5.35. The molecule has 1 unspecified atom stereocenters. The zero-order valence-electron chi connectivity index (χ0n) is 12.1. The molecule has 2 N–H and O–H groups in total. The number of carbonyl (C=O) groups is 2. The van der Waals surface area contributed by atoms with Crippen LogP contribution in [0.1, 0.15) is 46.5 Å². The number of carbonyl (C=O) groups excluding carboxylic acids is 1. The maximum atomic E-state index is 12.1. The summed E-state index contributed by atoms with van der Waals surface area (Å²) >= 11 is 0. The van der Waals surface area contributed by atoms with Gasteiger partial charge in [-0.3, -0.25) is 4.79 Å². The second-order valence-corrected chi connectivity index (χ2v) is 6.16. The minimum absolute atomic E-state index is 0.0700. The van der Waals surface area contributed by atoms with E-state index in [1.165, 1.54) is 0 Å². The minimum Gasteiger partial charge on any atom is -0.479 e. The first-order chi connectivity index (χ1) is 8.74. The first-order valence-electron chi connectivity index (χ1n) is 6.98. The van der Waals surface area contributed by atoms with Gasteiger partial charge < -0.3 is 15.1 Å². The molecule has 1 aliphatic heterocycles. The zero-order chi connectivity index (χ0) is 14.6. The molecule has 0 bridgehead atoms. The van der Waals surface area contributed by atoms with E-state index in [1.807, 2.05) is 0 Å². The van der Waals surface area contributed by atoms with Crippen LogP contribution in [0.2, 0.25) is 0 Å². The number of likely N-dealkylation sites (tertiary alicyclic amines) is 1. The van der Waals surface area contributed by atoms with Gasteiger partial charge in [0, 0.05) is 32.4 Å². The molecule has 1 atom stereocenters. The molecule has 0 aromatic rings. The highest BCUT2D eigenvalue weighted by molar-refractivity contribution is 5.79. The van der Waals surface area contributed by atoms with Crippen molar-refractivity contribution in [2.45, 2.75) is 52.1 Å². The Balaban J connectivity index is 2.43. The average Bonchev–Trinajstić information content (AvgIpc) is 2.28. The number of amides is 1. The quantitative estimate of drug-likeness (QED) is 0.794. The van der Waals surface area contributed by atoms with Crippen molar-refractivity contribution in [1.82, 2.24) is 4.90 Å². The number of carboxylic acids is 1. The summed E-state index contributed by atoms with van der Waals surface area (Å²) in [4.78, 5) is 24.6.